The molecule has 1 aromatic rings. The summed E-state index contributed by atoms with van der Waals surface area (Å²) >= 11 is 0. The number of nitrogens with zero attached hydrogens (tertiary/aromatic N) is 1. The van der Waals surface area contributed by atoms with Crippen molar-refractivity contribution in [3.63, 3.8) is 0 Å². The first-order chi connectivity index (χ1) is 5.88. The van der Waals surface area contributed by atoms with Crippen LogP contribution in [0.3, 0.4) is 0 Å². The van der Waals surface area contributed by atoms with Gasteiger partial charge in [0.15, 0.2) is 0 Å². The highest BCUT2D eigenvalue weighted by Crippen LogP contribution is 2.37. The average Bonchev–Trinajstić information content (AvgIpc) is 2.53. The fourth-order valence-electron chi connectivity index (χ4n) is 1.18. The molecule has 0 aromatic heterocycles. The van der Waals surface area contributed by atoms with Crippen molar-refractivity contribution < 1.29 is 9.09 Å². The molecule has 2 rings (SSSR count). The molecule has 0 radical (unpaired) electrons. The van der Waals surface area contributed by atoms with Gasteiger partial charge in [-0.2, -0.15) is 0 Å². The number of benzene rings is 1. The largest absolute Gasteiger partial charge is 0.645 e. The van der Waals surface area contributed by atoms with Crippen LogP contribution in [0.15, 0.2) is 30.3 Å². The Morgan fingerprint density at radius 2 is 2.08 bits per heavy atom. The summed E-state index contributed by atoms with van der Waals surface area (Å²) in [4.78, 5) is 0. The molecule has 1 fully saturated rings. The molecule has 1 heterocycles. The smallest absolute Gasteiger partial charge is 0.136 e. The van der Waals surface area contributed by atoms with Crippen LogP contribution in [-0.2, 0) is 9.09 Å². The lowest BCUT2D eigenvalue weighted by atomic mass is 10.3. The second-order valence-electron chi connectivity index (χ2n) is 2.53. The van der Waals surface area contributed by atoms with Gasteiger partial charge in [0, 0.05) is 0 Å². The summed E-state index contributed by atoms with van der Waals surface area (Å²) in [6.07, 6.45) is 0. The van der Waals surface area contributed by atoms with E-state index in [4.69, 9.17) is 4.52 Å². The van der Waals surface area contributed by atoms with E-state index in [9.17, 15) is 4.57 Å². The summed E-state index contributed by atoms with van der Waals surface area (Å²) in [5, 5.41) is 0. The maximum Gasteiger partial charge on any atom is 0.645 e. The third kappa shape index (κ3) is 1.33. The van der Waals surface area contributed by atoms with Gasteiger partial charge in [0.25, 0.3) is 0 Å². The van der Waals surface area contributed by atoms with E-state index in [0.29, 0.717) is 6.61 Å². The van der Waals surface area contributed by atoms with Crippen LogP contribution >= 0.6 is 8.18 Å². The zero-order valence-corrected chi connectivity index (χ0v) is 7.41. The van der Waals surface area contributed by atoms with Crippen LogP contribution in [0.2, 0.25) is 0 Å². The van der Waals surface area contributed by atoms with E-state index in [-0.39, 0.29) is 0 Å². The lowest BCUT2D eigenvalue weighted by molar-refractivity contribution is 0.374. The van der Waals surface area contributed by atoms with E-state index in [1.54, 1.807) is 4.67 Å². The second-order valence-corrected chi connectivity index (χ2v) is 3.75. The first kappa shape index (κ1) is 7.71. The minimum atomic E-state index is -1.62. The first-order valence-corrected chi connectivity index (χ1v) is 4.93. The molecule has 1 aliphatic rings. The van der Waals surface area contributed by atoms with Crippen LogP contribution in [0, 0.1) is 0 Å². The summed E-state index contributed by atoms with van der Waals surface area (Å²) in [5.74, 6) is 0. The van der Waals surface area contributed by atoms with Gasteiger partial charge < -0.3 is 0 Å². The van der Waals surface area contributed by atoms with Gasteiger partial charge in [0.05, 0.1) is 12.2 Å². The van der Waals surface area contributed by atoms with E-state index in [2.05, 4.69) is 0 Å². The molecule has 1 saturated heterocycles. The fourth-order valence-corrected chi connectivity index (χ4v) is 2.12. The van der Waals surface area contributed by atoms with Crippen molar-refractivity contribution in [1.29, 1.82) is 0 Å². The van der Waals surface area contributed by atoms with Crippen molar-refractivity contribution in [2.45, 2.75) is 0 Å². The molecule has 0 N–H and O–H groups in total. The number of rotatable bonds is 1. The Kier molecular flexibility index (Phi) is 2.07. The molecule has 0 amide bonds. The zero-order chi connectivity index (χ0) is 8.39. The predicted molar refractivity (Wildman–Crippen MR) is 47.3 cm³/mol. The van der Waals surface area contributed by atoms with Crippen LogP contribution in [0.5, 0.6) is 0 Å². The van der Waals surface area contributed by atoms with Crippen LogP contribution in [0.4, 0.5) is 5.69 Å². The molecule has 1 aromatic carbocycles. The monoisotopic (exact) mass is 182 g/mol. The molecule has 0 spiro atoms. The average molecular weight is 182 g/mol. The Balaban J connectivity index is 2.25. The first-order valence-electron chi connectivity index (χ1n) is 3.80. The highest BCUT2D eigenvalue weighted by Gasteiger charge is 2.36. The molecule has 1 unspecified atom stereocenters. The van der Waals surface area contributed by atoms with Crippen LogP contribution in [0.1, 0.15) is 0 Å². The van der Waals surface area contributed by atoms with Crippen LogP contribution in [-0.4, -0.2) is 13.2 Å². The molecule has 0 aliphatic carbocycles. The van der Waals surface area contributed by atoms with E-state index in [1.807, 2.05) is 30.3 Å². The van der Waals surface area contributed by atoms with Crippen molar-refractivity contribution in [3.8, 4) is 0 Å². The summed E-state index contributed by atoms with van der Waals surface area (Å²) < 4.78 is 18.0. The van der Waals surface area contributed by atoms with Gasteiger partial charge in [-0.25, -0.2) is 0 Å². The highest BCUT2D eigenvalue weighted by molar-refractivity contribution is 7.41. The summed E-state index contributed by atoms with van der Waals surface area (Å²) in [6.45, 7) is 1.28. The van der Waals surface area contributed by atoms with Gasteiger partial charge in [0.2, 0.25) is 0 Å². The van der Waals surface area contributed by atoms with Gasteiger partial charge in [-0.15, -0.1) is 9.19 Å². The topological polar surface area (TPSA) is 29.5 Å². The second kappa shape index (κ2) is 3.21. The van der Waals surface area contributed by atoms with Gasteiger partial charge in [-0.05, 0) is 16.7 Å². The van der Waals surface area contributed by atoms with Crippen LogP contribution < -0.4 is 4.67 Å². The maximum absolute atomic E-state index is 11.2. The summed E-state index contributed by atoms with van der Waals surface area (Å²) in [6, 6.07) is 9.66. The third-order valence-corrected chi connectivity index (χ3v) is 2.98. The van der Waals surface area contributed by atoms with E-state index in [0.717, 1.165) is 12.2 Å². The van der Waals surface area contributed by atoms with E-state index < -0.39 is 8.18 Å². The minimum Gasteiger partial charge on any atom is -0.136 e. The molecule has 62 valence electrons. The normalized spacial score (nSPS) is 20.0. The van der Waals surface area contributed by atoms with Crippen molar-refractivity contribution in [2.75, 3.05) is 17.8 Å². The van der Waals surface area contributed by atoms with E-state index >= 15 is 0 Å². The Labute approximate surface area is 71.9 Å². The fraction of sp³-hybridized carbons (Fsp3) is 0.250. The molecule has 1 atom stereocenters. The quantitative estimate of drug-likeness (QED) is 0.623. The molecule has 3 nitrogen and oxygen atoms in total. The molecule has 4 heteroatoms. The molecular formula is C8H9NO2P+. The predicted octanol–water partition coefficient (Wildman–Crippen LogP) is 2.18. The Morgan fingerprint density at radius 1 is 1.33 bits per heavy atom. The lowest BCUT2D eigenvalue weighted by Crippen LogP contribution is -2.09. The molecule has 0 saturated carbocycles. The Morgan fingerprint density at radius 3 is 2.67 bits per heavy atom. The molecule has 0 bridgehead atoms. The van der Waals surface area contributed by atoms with E-state index in [1.165, 1.54) is 0 Å². The maximum atomic E-state index is 11.2. The number of hydrogen-bond donors (Lipinski definition) is 0. The SMILES string of the molecule is O=[P+]1OCCN1c1ccccc1. The summed E-state index contributed by atoms with van der Waals surface area (Å²) in [5.41, 5.74) is 0.969. The Hall–Kier alpha value is -0.920. The number of para-hydroxylation sites is 1. The van der Waals surface area contributed by atoms with Crippen molar-refractivity contribution in [2.24, 2.45) is 0 Å². The number of anilines is 1. The zero-order valence-electron chi connectivity index (χ0n) is 6.51. The standard InChI is InChI=1S/C8H9NO2P/c10-12-9(6-7-11-12)8-4-2-1-3-5-8/h1-5H,6-7H2/q+1. The minimum absolute atomic E-state index is 0.560. The van der Waals surface area contributed by atoms with Crippen molar-refractivity contribution in [1.82, 2.24) is 0 Å². The Bertz CT molecular complexity index is 288. The molecular weight excluding hydrogens is 173 g/mol. The van der Waals surface area contributed by atoms with Gasteiger partial charge in [-0.1, -0.05) is 18.2 Å². The van der Waals surface area contributed by atoms with Gasteiger partial charge in [-0.3, -0.25) is 0 Å². The van der Waals surface area contributed by atoms with Crippen molar-refractivity contribution >= 4 is 13.9 Å². The molecule has 12 heavy (non-hydrogen) atoms. The van der Waals surface area contributed by atoms with Crippen molar-refractivity contribution in [3.05, 3.63) is 30.3 Å². The van der Waals surface area contributed by atoms with Crippen LogP contribution in [0.25, 0.3) is 0 Å². The van der Waals surface area contributed by atoms with Gasteiger partial charge >= 0.3 is 8.18 Å². The summed E-state index contributed by atoms with van der Waals surface area (Å²) in [7, 11) is -1.62. The number of hydrogen-bond acceptors (Lipinski definition) is 2. The lowest BCUT2D eigenvalue weighted by Gasteiger charge is -2.02. The highest BCUT2D eigenvalue weighted by atomic mass is 31.1. The third-order valence-electron chi connectivity index (χ3n) is 1.76. The van der Waals surface area contributed by atoms with Gasteiger partial charge in [0.1, 0.15) is 6.61 Å². The molecule has 1 aliphatic heterocycles.